The Bertz CT molecular complexity index is 2830. The zero-order valence-corrected chi connectivity index (χ0v) is 32.5. The van der Waals surface area contributed by atoms with Gasteiger partial charge in [-0.15, -0.1) is 0 Å². The number of para-hydroxylation sites is 8. The fraction of sp³-hybridized carbons (Fsp3) is 0.0566. The Morgan fingerprint density at radius 3 is 1.32 bits per heavy atom. The minimum Gasteiger partial charge on any atom is -0.449 e. The molecule has 284 valence electrons. The largest absolute Gasteiger partial charge is 0.449 e. The highest BCUT2D eigenvalue weighted by Gasteiger charge is 2.42. The van der Waals surface area contributed by atoms with Crippen molar-refractivity contribution in [1.82, 2.24) is 0 Å². The number of anilines is 6. The van der Waals surface area contributed by atoms with Gasteiger partial charge in [-0.2, -0.15) is 0 Å². The third kappa shape index (κ3) is 5.71. The molecule has 8 aromatic carbocycles. The maximum absolute atomic E-state index is 6.98. The van der Waals surface area contributed by atoms with Crippen LogP contribution >= 0.6 is 0 Å². The van der Waals surface area contributed by atoms with Gasteiger partial charge in [0.1, 0.15) is 0 Å². The molecule has 0 atom stereocenters. The van der Waals surface area contributed by atoms with Crippen molar-refractivity contribution in [2.45, 2.75) is 19.3 Å². The van der Waals surface area contributed by atoms with E-state index in [-0.39, 0.29) is 0 Å². The number of fused-ring (bicyclic) bond motifs is 7. The molecule has 2 aliphatic heterocycles. The minimum atomic E-state index is -0.677. The van der Waals surface area contributed by atoms with Crippen LogP contribution in [0, 0.1) is 0 Å². The van der Waals surface area contributed by atoms with E-state index in [4.69, 9.17) is 18.9 Å². The van der Waals surface area contributed by atoms with Crippen molar-refractivity contribution in [3.63, 3.8) is 0 Å². The maximum atomic E-state index is 6.98. The Labute approximate surface area is 343 Å². The number of hydrogen-bond acceptors (Lipinski definition) is 6. The number of rotatable bonds is 6. The van der Waals surface area contributed by atoms with Crippen LogP contribution in [0.3, 0.4) is 0 Å². The van der Waals surface area contributed by atoms with Crippen LogP contribution < -0.4 is 28.7 Å². The Hall–Kier alpha value is -7.70. The molecule has 59 heavy (non-hydrogen) atoms. The summed E-state index contributed by atoms with van der Waals surface area (Å²) in [5.74, 6) is 5.21. The van der Waals surface area contributed by atoms with Crippen molar-refractivity contribution >= 4 is 46.3 Å². The topological polar surface area (TPSA) is 43.4 Å². The molecule has 3 aliphatic rings. The standard InChI is InChI=1S/C53H38N2O4/c1-53(2)41-34-42(54(36-19-7-3-8-20-36)37-21-9-4-10-22-37)51-50(57-45-29-17-18-30-46(45)58-51)40(41)32-31-35-33-47-52(59-44-28-16-15-27-43(44)56-47)49(48(35)53)55(38-23-11-5-12-24-38)39-25-13-6-14-26-39/h3-34H,1-2H3. The van der Waals surface area contributed by atoms with Crippen molar-refractivity contribution in [3.8, 4) is 46.0 Å². The van der Waals surface area contributed by atoms with Crippen molar-refractivity contribution < 1.29 is 18.9 Å². The zero-order valence-electron chi connectivity index (χ0n) is 32.5. The molecule has 0 amide bonds. The number of hydrogen-bond donors (Lipinski definition) is 0. The van der Waals surface area contributed by atoms with Crippen LogP contribution in [-0.4, -0.2) is 0 Å². The van der Waals surface area contributed by atoms with Crippen LogP contribution in [0.5, 0.6) is 46.0 Å². The van der Waals surface area contributed by atoms with Gasteiger partial charge in [-0.3, -0.25) is 0 Å². The van der Waals surface area contributed by atoms with Gasteiger partial charge in [0.15, 0.2) is 46.0 Å². The van der Waals surface area contributed by atoms with Gasteiger partial charge in [0.25, 0.3) is 0 Å². The molecular formula is C53H38N2O4. The maximum Gasteiger partial charge on any atom is 0.194 e. The monoisotopic (exact) mass is 766 g/mol. The Kier molecular flexibility index (Phi) is 8.05. The summed E-state index contributed by atoms with van der Waals surface area (Å²) in [5, 5.41) is 0. The Morgan fingerprint density at radius 1 is 0.390 bits per heavy atom. The minimum absolute atomic E-state index is 0.635. The predicted octanol–water partition coefficient (Wildman–Crippen LogP) is 15.2. The van der Waals surface area contributed by atoms with E-state index in [0.717, 1.165) is 56.4 Å². The molecule has 0 saturated carbocycles. The van der Waals surface area contributed by atoms with Gasteiger partial charge in [0, 0.05) is 33.7 Å². The lowest BCUT2D eigenvalue weighted by atomic mass is 9.73. The second-order valence-corrected chi connectivity index (χ2v) is 15.3. The summed E-state index contributed by atoms with van der Waals surface area (Å²) in [6, 6.07) is 61.9. The Morgan fingerprint density at radius 2 is 0.814 bits per heavy atom. The van der Waals surface area contributed by atoms with Gasteiger partial charge in [-0.05, 0) is 102 Å². The quantitative estimate of drug-likeness (QED) is 0.168. The summed E-state index contributed by atoms with van der Waals surface area (Å²) < 4.78 is 27.6. The van der Waals surface area contributed by atoms with Gasteiger partial charge < -0.3 is 28.7 Å². The van der Waals surface area contributed by atoms with E-state index in [1.54, 1.807) is 0 Å². The highest BCUT2D eigenvalue weighted by atomic mass is 16.6. The molecule has 8 aromatic rings. The lowest BCUT2D eigenvalue weighted by molar-refractivity contribution is 0.358. The van der Waals surface area contributed by atoms with Crippen LogP contribution in [0.1, 0.15) is 36.1 Å². The third-order valence-electron chi connectivity index (χ3n) is 11.3. The van der Waals surface area contributed by atoms with Gasteiger partial charge >= 0.3 is 0 Å². The van der Waals surface area contributed by atoms with Crippen LogP contribution in [0.15, 0.2) is 182 Å². The number of ether oxygens (including phenoxy) is 4. The summed E-state index contributed by atoms with van der Waals surface area (Å²) in [7, 11) is 0. The van der Waals surface area contributed by atoms with Crippen LogP contribution in [0.4, 0.5) is 34.1 Å². The highest BCUT2D eigenvalue weighted by molar-refractivity contribution is 5.95. The fourth-order valence-corrected chi connectivity index (χ4v) is 8.65. The second-order valence-electron chi connectivity index (χ2n) is 15.3. The molecule has 6 nitrogen and oxygen atoms in total. The lowest BCUT2D eigenvalue weighted by Crippen LogP contribution is -2.26. The zero-order chi connectivity index (χ0) is 39.5. The first-order valence-corrected chi connectivity index (χ1v) is 19.8. The first-order valence-electron chi connectivity index (χ1n) is 19.8. The molecule has 6 heteroatoms. The predicted molar refractivity (Wildman–Crippen MR) is 236 cm³/mol. The lowest BCUT2D eigenvalue weighted by Gasteiger charge is -2.39. The van der Waals surface area contributed by atoms with E-state index in [0.29, 0.717) is 46.0 Å². The normalized spacial score (nSPS) is 13.5. The molecule has 0 aromatic heterocycles. The molecule has 0 radical (unpaired) electrons. The molecular weight excluding hydrogens is 729 g/mol. The SMILES string of the molecule is CC1(C)c2cc(N(c3ccccc3)c3ccccc3)c3c(c2C=Cc2cc4c(c(N(c5ccccc5)c5ccccc5)c21)Oc1ccccc1O4)Oc1ccccc1O3. The number of nitrogens with zero attached hydrogens (tertiary/aromatic N) is 2. The van der Waals surface area contributed by atoms with Gasteiger partial charge in [0.05, 0.1) is 11.4 Å². The average molecular weight is 767 g/mol. The summed E-state index contributed by atoms with van der Waals surface area (Å²) in [5.41, 5.74) is 9.06. The number of benzene rings is 8. The molecule has 0 spiro atoms. The van der Waals surface area contributed by atoms with Crippen LogP contribution in [-0.2, 0) is 5.41 Å². The molecule has 0 bridgehead atoms. The first-order chi connectivity index (χ1) is 29.0. The molecule has 0 fully saturated rings. The van der Waals surface area contributed by atoms with Gasteiger partial charge in [-0.1, -0.05) is 123 Å². The van der Waals surface area contributed by atoms with Crippen molar-refractivity contribution in [1.29, 1.82) is 0 Å². The third-order valence-corrected chi connectivity index (χ3v) is 11.3. The van der Waals surface area contributed by atoms with Crippen molar-refractivity contribution in [2.75, 3.05) is 9.80 Å². The van der Waals surface area contributed by atoms with E-state index in [1.165, 1.54) is 0 Å². The Balaban J connectivity index is 1.23. The summed E-state index contributed by atoms with van der Waals surface area (Å²) in [6.45, 7) is 4.59. The molecule has 11 rings (SSSR count). The first kappa shape index (κ1) is 34.5. The van der Waals surface area contributed by atoms with Crippen LogP contribution in [0.2, 0.25) is 0 Å². The molecule has 2 heterocycles. The molecule has 0 saturated heterocycles. The summed E-state index contributed by atoms with van der Waals surface area (Å²) in [4.78, 5) is 4.55. The second kappa shape index (κ2) is 13.7. The summed E-state index contributed by atoms with van der Waals surface area (Å²) >= 11 is 0. The fourth-order valence-electron chi connectivity index (χ4n) is 8.65. The molecule has 1 aliphatic carbocycles. The van der Waals surface area contributed by atoms with E-state index in [9.17, 15) is 0 Å². The van der Waals surface area contributed by atoms with E-state index >= 15 is 0 Å². The van der Waals surface area contributed by atoms with Gasteiger partial charge in [-0.25, -0.2) is 0 Å². The molecule has 0 N–H and O–H groups in total. The van der Waals surface area contributed by atoms with Crippen molar-refractivity contribution in [2.24, 2.45) is 0 Å². The van der Waals surface area contributed by atoms with Crippen molar-refractivity contribution in [3.05, 3.63) is 204 Å². The van der Waals surface area contributed by atoms with E-state index in [1.807, 2.05) is 72.8 Å². The summed E-state index contributed by atoms with van der Waals surface area (Å²) in [6.07, 6.45) is 4.35. The highest BCUT2D eigenvalue weighted by Crippen LogP contribution is 2.62. The molecule has 0 unspecified atom stereocenters. The van der Waals surface area contributed by atoms with E-state index in [2.05, 4.69) is 145 Å². The van der Waals surface area contributed by atoms with Crippen LogP contribution in [0.25, 0.3) is 12.2 Å². The van der Waals surface area contributed by atoms with E-state index < -0.39 is 5.41 Å². The average Bonchev–Trinajstić information content (AvgIpc) is 3.39. The smallest absolute Gasteiger partial charge is 0.194 e. The van der Waals surface area contributed by atoms with Gasteiger partial charge in [0.2, 0.25) is 0 Å².